The molecule has 0 radical (unpaired) electrons. The van der Waals surface area contributed by atoms with Gasteiger partial charge in [0.05, 0.1) is 15.5 Å². The second-order valence-corrected chi connectivity index (χ2v) is 9.15. The van der Waals surface area contributed by atoms with Gasteiger partial charge in [0.25, 0.3) is 10.1 Å². The summed E-state index contributed by atoms with van der Waals surface area (Å²) in [7, 11) is -8.51. The van der Waals surface area contributed by atoms with Gasteiger partial charge in [0.15, 0.2) is 0 Å². The molecule has 0 aliphatic carbocycles. The summed E-state index contributed by atoms with van der Waals surface area (Å²) in [6, 6.07) is 10.7. The molecule has 0 aromatic heterocycles. The third-order valence-electron chi connectivity index (χ3n) is 4.01. The minimum absolute atomic E-state index is 0.00524. The lowest BCUT2D eigenvalue weighted by molar-refractivity contribution is 0.469. The molecule has 0 spiro atoms. The van der Waals surface area contributed by atoms with Gasteiger partial charge in [-0.15, -0.1) is 0 Å². The lowest BCUT2D eigenvalue weighted by Crippen LogP contribution is -2.04. The molecule has 26 heavy (non-hydrogen) atoms. The Morgan fingerprint density at radius 1 is 0.846 bits per heavy atom. The number of phenolic OH excluding ortho intramolecular Hbond substituents is 1. The molecular weight excluding hydrogens is 378 g/mol. The molecule has 0 saturated carbocycles. The first-order valence-electron chi connectivity index (χ1n) is 7.36. The van der Waals surface area contributed by atoms with E-state index in [1.165, 1.54) is 30.3 Å². The monoisotopic (exact) mass is 393 g/mol. The Labute approximate surface area is 150 Å². The van der Waals surface area contributed by atoms with E-state index >= 15 is 0 Å². The zero-order valence-electron chi connectivity index (χ0n) is 13.5. The van der Waals surface area contributed by atoms with E-state index in [0.29, 0.717) is 0 Å². The number of rotatable bonds is 3. The molecule has 3 aromatic rings. The van der Waals surface area contributed by atoms with E-state index in [9.17, 15) is 26.5 Å². The molecule has 4 N–H and O–H groups in total. The third-order valence-corrected chi connectivity index (χ3v) is 6.67. The fraction of sp³-hybridized carbons (Fsp3) is 0.0588. The molecular formula is C17H15NO6S2. The van der Waals surface area contributed by atoms with Gasteiger partial charge in [0.2, 0.25) is 9.84 Å². The normalized spacial score (nSPS) is 12.4. The van der Waals surface area contributed by atoms with Crippen molar-refractivity contribution in [3.05, 3.63) is 54.1 Å². The van der Waals surface area contributed by atoms with E-state index in [0.717, 1.165) is 11.6 Å². The Balaban J connectivity index is 2.31. The maximum atomic E-state index is 12.8. The lowest BCUT2D eigenvalue weighted by Gasteiger charge is -2.11. The summed E-state index contributed by atoms with van der Waals surface area (Å²) in [5, 5.41) is 9.86. The number of hydrogen-bond donors (Lipinski definition) is 3. The highest BCUT2D eigenvalue weighted by Crippen LogP contribution is 2.37. The van der Waals surface area contributed by atoms with Crippen LogP contribution in [0.1, 0.15) is 5.56 Å². The first-order valence-corrected chi connectivity index (χ1v) is 10.3. The number of nitrogen functional groups attached to an aromatic ring is 1. The molecule has 3 rings (SSSR count). The highest BCUT2D eigenvalue weighted by Gasteiger charge is 2.22. The van der Waals surface area contributed by atoms with Crippen molar-refractivity contribution in [2.75, 3.05) is 5.73 Å². The average Bonchev–Trinajstić information content (AvgIpc) is 2.57. The third kappa shape index (κ3) is 3.00. The molecule has 0 unspecified atom stereocenters. The summed E-state index contributed by atoms with van der Waals surface area (Å²) in [4.78, 5) is -0.609. The van der Waals surface area contributed by atoms with Crippen molar-refractivity contribution in [1.82, 2.24) is 0 Å². The van der Waals surface area contributed by atoms with Crippen molar-refractivity contribution in [1.29, 1.82) is 0 Å². The molecule has 0 heterocycles. The van der Waals surface area contributed by atoms with Gasteiger partial charge in [-0.2, -0.15) is 8.42 Å². The Morgan fingerprint density at radius 3 is 2.00 bits per heavy atom. The molecule has 7 nitrogen and oxygen atoms in total. The minimum Gasteiger partial charge on any atom is -0.506 e. The highest BCUT2D eigenvalue weighted by atomic mass is 32.2. The zero-order chi connectivity index (χ0) is 19.3. The Hall–Kier alpha value is -2.62. The predicted octanol–water partition coefficient (Wildman–Crippen LogP) is 2.52. The second kappa shape index (κ2) is 5.97. The molecule has 9 heteroatoms. The van der Waals surface area contributed by atoms with Gasteiger partial charge in [0, 0.05) is 16.8 Å². The van der Waals surface area contributed by atoms with Crippen LogP contribution >= 0.6 is 0 Å². The largest absolute Gasteiger partial charge is 0.506 e. The van der Waals surface area contributed by atoms with Gasteiger partial charge in [-0.3, -0.25) is 4.55 Å². The number of phenols is 1. The van der Waals surface area contributed by atoms with Gasteiger partial charge < -0.3 is 10.8 Å². The summed E-state index contributed by atoms with van der Waals surface area (Å²) in [6.45, 7) is 1.83. The number of aryl methyl sites for hydroxylation is 1. The molecule has 3 aromatic carbocycles. The number of fused-ring (bicyclic) bond motifs is 1. The summed E-state index contributed by atoms with van der Waals surface area (Å²) in [6.07, 6.45) is 0. The standard InChI is InChI=1S/C17H15NO6S2/c1-10-2-4-11(5-3-10)25(20,21)12-6-7-13-14(8-12)17(18)15(19)9-16(13)26(22,23)24/h2-9,19H,18H2,1H3,(H,22,23,24). The van der Waals surface area contributed by atoms with Crippen molar-refractivity contribution < 1.29 is 26.5 Å². The number of sulfone groups is 1. The molecule has 0 amide bonds. The first-order chi connectivity index (χ1) is 12.0. The van der Waals surface area contributed by atoms with Crippen LogP contribution in [0.3, 0.4) is 0 Å². The van der Waals surface area contributed by atoms with Crippen LogP contribution in [-0.4, -0.2) is 26.5 Å². The van der Waals surface area contributed by atoms with Crippen LogP contribution in [-0.2, 0) is 20.0 Å². The zero-order valence-corrected chi connectivity index (χ0v) is 15.2. The highest BCUT2D eigenvalue weighted by molar-refractivity contribution is 7.91. The van der Waals surface area contributed by atoms with E-state index in [1.807, 2.05) is 6.92 Å². The minimum atomic E-state index is -4.64. The van der Waals surface area contributed by atoms with E-state index in [-0.39, 0.29) is 26.3 Å². The lowest BCUT2D eigenvalue weighted by atomic mass is 10.1. The predicted molar refractivity (Wildman–Crippen MR) is 96.5 cm³/mol. The summed E-state index contributed by atoms with van der Waals surface area (Å²) in [5.41, 5.74) is 6.49. The fourth-order valence-electron chi connectivity index (χ4n) is 2.61. The van der Waals surface area contributed by atoms with Crippen LogP contribution in [0.2, 0.25) is 0 Å². The van der Waals surface area contributed by atoms with E-state index in [1.54, 1.807) is 12.1 Å². The van der Waals surface area contributed by atoms with Crippen LogP contribution in [0.15, 0.2) is 63.2 Å². The van der Waals surface area contributed by atoms with E-state index in [2.05, 4.69) is 0 Å². The van der Waals surface area contributed by atoms with E-state index in [4.69, 9.17) is 5.73 Å². The molecule has 136 valence electrons. The van der Waals surface area contributed by atoms with Crippen molar-refractivity contribution in [3.8, 4) is 5.75 Å². The Bertz CT molecular complexity index is 1230. The van der Waals surface area contributed by atoms with Gasteiger partial charge in [-0.05, 0) is 31.2 Å². The molecule has 0 aliphatic rings. The van der Waals surface area contributed by atoms with Gasteiger partial charge in [-0.1, -0.05) is 23.8 Å². The van der Waals surface area contributed by atoms with Gasteiger partial charge in [0.1, 0.15) is 10.6 Å². The number of benzene rings is 3. The van der Waals surface area contributed by atoms with Crippen molar-refractivity contribution in [2.24, 2.45) is 0 Å². The number of hydrogen-bond acceptors (Lipinski definition) is 6. The molecule has 0 saturated heterocycles. The summed E-state index contributed by atoms with van der Waals surface area (Å²) < 4.78 is 58.0. The van der Waals surface area contributed by atoms with Crippen LogP contribution in [0.4, 0.5) is 5.69 Å². The quantitative estimate of drug-likeness (QED) is 0.353. The van der Waals surface area contributed by atoms with Crippen LogP contribution in [0.25, 0.3) is 10.8 Å². The average molecular weight is 393 g/mol. The Kier molecular flexibility index (Phi) is 4.18. The maximum Gasteiger partial charge on any atom is 0.295 e. The topological polar surface area (TPSA) is 135 Å². The SMILES string of the molecule is Cc1ccc(S(=O)(=O)c2ccc3c(S(=O)(=O)O)cc(O)c(N)c3c2)cc1. The Morgan fingerprint density at radius 2 is 1.42 bits per heavy atom. The molecule has 0 atom stereocenters. The number of anilines is 1. The van der Waals surface area contributed by atoms with Crippen molar-refractivity contribution >= 4 is 36.4 Å². The van der Waals surface area contributed by atoms with E-state index < -0.39 is 30.6 Å². The summed E-state index contributed by atoms with van der Waals surface area (Å²) >= 11 is 0. The smallest absolute Gasteiger partial charge is 0.295 e. The van der Waals surface area contributed by atoms with Crippen LogP contribution in [0.5, 0.6) is 5.75 Å². The summed E-state index contributed by atoms with van der Waals surface area (Å²) in [5.74, 6) is -0.574. The van der Waals surface area contributed by atoms with Gasteiger partial charge >= 0.3 is 0 Å². The fourth-order valence-corrected chi connectivity index (χ4v) is 4.62. The number of aromatic hydroxyl groups is 1. The first kappa shape index (κ1) is 18.2. The molecule has 0 aliphatic heterocycles. The van der Waals surface area contributed by atoms with Gasteiger partial charge in [-0.25, -0.2) is 8.42 Å². The molecule has 0 fully saturated rings. The molecule has 0 bridgehead atoms. The van der Waals surface area contributed by atoms with Crippen molar-refractivity contribution in [3.63, 3.8) is 0 Å². The van der Waals surface area contributed by atoms with Crippen LogP contribution < -0.4 is 5.73 Å². The van der Waals surface area contributed by atoms with Crippen molar-refractivity contribution in [2.45, 2.75) is 21.6 Å². The maximum absolute atomic E-state index is 12.8. The number of nitrogens with two attached hydrogens (primary N) is 1. The van der Waals surface area contributed by atoms with Crippen LogP contribution in [0, 0.1) is 6.92 Å². The second-order valence-electron chi connectivity index (χ2n) is 5.81.